The topological polar surface area (TPSA) is 17.1 Å². The fraction of sp³-hybridized carbons (Fsp3) is 1.00. The highest BCUT2D eigenvalue weighted by Gasteiger charge is 2.68. The van der Waals surface area contributed by atoms with Gasteiger partial charge in [-0.2, -0.15) is 0 Å². The Labute approximate surface area is 50.9 Å². The smallest absolute Gasteiger partial charge is 0.0526 e. The maximum atomic E-state index is 10.9. The predicted molar refractivity (Wildman–Crippen MR) is 31.9 cm³/mol. The summed E-state index contributed by atoms with van der Waals surface area (Å²) in [6.07, 6.45) is 2.84. The van der Waals surface area contributed by atoms with Crippen LogP contribution in [0.3, 0.4) is 0 Å². The standard InChI is InChI=1S/C6H8OS/c7-8-5-3-1-4(2-3)6(5)8/h3-6H,1-2H2. The molecule has 0 N–H and O–H groups in total. The van der Waals surface area contributed by atoms with Gasteiger partial charge in [0, 0.05) is 10.8 Å². The molecule has 1 aliphatic heterocycles. The summed E-state index contributed by atoms with van der Waals surface area (Å²) in [5, 5.41) is 1.39. The molecule has 2 atom stereocenters. The Morgan fingerprint density at radius 2 is 1.62 bits per heavy atom. The minimum absolute atomic E-state index is 0.337. The lowest BCUT2D eigenvalue weighted by molar-refractivity contribution is 0.298. The highest BCUT2D eigenvalue weighted by Crippen LogP contribution is 2.62. The van der Waals surface area contributed by atoms with Crippen molar-refractivity contribution in [1.29, 1.82) is 0 Å². The summed E-state index contributed by atoms with van der Waals surface area (Å²) < 4.78 is 10.9. The molecule has 44 valence electrons. The number of rotatable bonds is 0. The Bertz CT molecular complexity index is 155. The molecular formula is C6H8OS. The van der Waals surface area contributed by atoms with Crippen molar-refractivity contribution in [3.05, 3.63) is 0 Å². The first-order valence-corrected chi connectivity index (χ1v) is 4.55. The first kappa shape index (κ1) is 4.04. The summed E-state index contributed by atoms with van der Waals surface area (Å²) >= 11 is 0. The van der Waals surface area contributed by atoms with Crippen molar-refractivity contribution in [2.24, 2.45) is 11.8 Å². The van der Waals surface area contributed by atoms with Gasteiger partial charge in [0.15, 0.2) is 0 Å². The van der Waals surface area contributed by atoms with E-state index < -0.39 is 0 Å². The van der Waals surface area contributed by atoms with Crippen molar-refractivity contribution in [1.82, 2.24) is 0 Å². The number of hydrogen-bond acceptors (Lipinski definition) is 1. The van der Waals surface area contributed by atoms with Gasteiger partial charge in [-0.25, -0.2) is 0 Å². The van der Waals surface area contributed by atoms with Crippen LogP contribution in [-0.4, -0.2) is 14.7 Å². The average molecular weight is 128 g/mol. The maximum absolute atomic E-state index is 10.9. The van der Waals surface area contributed by atoms with Gasteiger partial charge in [-0.1, -0.05) is 0 Å². The van der Waals surface area contributed by atoms with Gasteiger partial charge in [-0.05, 0) is 24.7 Å². The first-order valence-electron chi connectivity index (χ1n) is 3.27. The fourth-order valence-corrected chi connectivity index (χ4v) is 4.61. The Morgan fingerprint density at radius 1 is 1.12 bits per heavy atom. The van der Waals surface area contributed by atoms with E-state index in [2.05, 4.69) is 0 Å². The third-order valence-corrected chi connectivity index (χ3v) is 5.04. The lowest BCUT2D eigenvalue weighted by Crippen LogP contribution is -2.21. The van der Waals surface area contributed by atoms with Crippen LogP contribution in [0.4, 0.5) is 0 Å². The van der Waals surface area contributed by atoms with Crippen molar-refractivity contribution >= 4 is 10.8 Å². The molecule has 2 unspecified atom stereocenters. The summed E-state index contributed by atoms with van der Waals surface area (Å²) in [4.78, 5) is 0. The predicted octanol–water partition coefficient (Wildman–Crippen LogP) is 0.526. The van der Waals surface area contributed by atoms with Gasteiger partial charge >= 0.3 is 0 Å². The van der Waals surface area contributed by atoms with Gasteiger partial charge in [0.2, 0.25) is 0 Å². The van der Waals surface area contributed by atoms with Gasteiger partial charge < -0.3 is 0 Å². The summed E-state index contributed by atoms with van der Waals surface area (Å²) in [7, 11) is -0.337. The summed E-state index contributed by atoms with van der Waals surface area (Å²) in [5.41, 5.74) is 0. The largest absolute Gasteiger partial charge is 0.259 e. The molecule has 4 rings (SSSR count). The van der Waals surface area contributed by atoms with Crippen LogP contribution in [0.1, 0.15) is 12.8 Å². The molecule has 1 heterocycles. The molecule has 2 heteroatoms. The molecule has 0 radical (unpaired) electrons. The lowest BCUT2D eigenvalue weighted by atomic mass is 9.84. The summed E-state index contributed by atoms with van der Waals surface area (Å²) in [5.74, 6) is 1.82. The van der Waals surface area contributed by atoms with Crippen LogP contribution in [0.2, 0.25) is 0 Å². The Morgan fingerprint density at radius 3 is 1.88 bits per heavy atom. The van der Waals surface area contributed by atoms with E-state index in [-0.39, 0.29) is 10.8 Å². The summed E-state index contributed by atoms with van der Waals surface area (Å²) in [6.45, 7) is 0. The average Bonchev–Trinajstić information content (AvgIpc) is 2.20. The van der Waals surface area contributed by atoms with Crippen molar-refractivity contribution in [2.45, 2.75) is 23.3 Å². The summed E-state index contributed by atoms with van der Waals surface area (Å²) in [6, 6.07) is 0. The molecule has 4 fully saturated rings. The van der Waals surface area contributed by atoms with Crippen LogP contribution in [0.15, 0.2) is 0 Å². The van der Waals surface area contributed by atoms with Crippen molar-refractivity contribution in [3.63, 3.8) is 0 Å². The minimum Gasteiger partial charge on any atom is -0.259 e. The zero-order valence-electron chi connectivity index (χ0n) is 4.54. The molecule has 2 bridgehead atoms. The van der Waals surface area contributed by atoms with Gasteiger partial charge in [0.1, 0.15) is 0 Å². The highest BCUT2D eigenvalue weighted by molar-refractivity contribution is 7.94. The second-order valence-electron chi connectivity index (χ2n) is 3.25. The van der Waals surface area contributed by atoms with Crippen LogP contribution in [-0.2, 0) is 10.8 Å². The third-order valence-electron chi connectivity index (χ3n) is 2.92. The third kappa shape index (κ3) is 0.239. The highest BCUT2D eigenvalue weighted by atomic mass is 32.2. The molecule has 0 amide bonds. The van der Waals surface area contributed by atoms with Crippen LogP contribution in [0.5, 0.6) is 0 Å². The van der Waals surface area contributed by atoms with Crippen LogP contribution in [0.25, 0.3) is 0 Å². The van der Waals surface area contributed by atoms with Crippen LogP contribution < -0.4 is 0 Å². The van der Waals surface area contributed by atoms with Crippen molar-refractivity contribution in [3.8, 4) is 0 Å². The maximum Gasteiger partial charge on any atom is 0.0526 e. The molecule has 0 spiro atoms. The molecule has 0 aromatic rings. The fourth-order valence-electron chi connectivity index (χ4n) is 2.38. The lowest BCUT2D eigenvalue weighted by Gasteiger charge is -2.26. The van der Waals surface area contributed by atoms with E-state index in [1.807, 2.05) is 0 Å². The molecule has 0 aromatic carbocycles. The quantitative estimate of drug-likeness (QED) is 0.435. The van der Waals surface area contributed by atoms with Crippen LogP contribution >= 0.6 is 0 Å². The molecule has 1 nitrogen and oxygen atoms in total. The second-order valence-corrected chi connectivity index (χ2v) is 5.00. The van der Waals surface area contributed by atoms with Gasteiger partial charge in [-0.15, -0.1) is 0 Å². The minimum atomic E-state index is -0.337. The first-order chi connectivity index (χ1) is 3.88. The van der Waals surface area contributed by atoms with E-state index in [1.165, 1.54) is 12.8 Å². The normalized spacial score (nSPS) is 73.8. The van der Waals surface area contributed by atoms with Gasteiger partial charge in [0.25, 0.3) is 0 Å². The van der Waals surface area contributed by atoms with E-state index in [0.717, 1.165) is 11.8 Å². The van der Waals surface area contributed by atoms with E-state index in [0.29, 0.717) is 10.5 Å². The molecule has 3 saturated carbocycles. The molecular weight excluding hydrogens is 120 g/mol. The van der Waals surface area contributed by atoms with E-state index >= 15 is 0 Å². The number of hydrogen-bond donors (Lipinski definition) is 0. The van der Waals surface area contributed by atoms with Gasteiger partial charge in [-0.3, -0.25) is 4.21 Å². The zero-order chi connectivity index (χ0) is 5.30. The molecule has 0 aromatic heterocycles. The second kappa shape index (κ2) is 0.919. The molecule has 1 saturated heterocycles. The van der Waals surface area contributed by atoms with Crippen molar-refractivity contribution < 1.29 is 4.21 Å². The molecule has 3 aliphatic carbocycles. The Hall–Kier alpha value is 0.150. The molecule has 4 aliphatic rings. The molecule has 8 heavy (non-hydrogen) atoms. The SMILES string of the molecule is O=S1C2C3CC(C3)C21. The Kier molecular flexibility index (Phi) is 0.465. The van der Waals surface area contributed by atoms with Crippen LogP contribution in [0, 0.1) is 11.8 Å². The monoisotopic (exact) mass is 128 g/mol. The van der Waals surface area contributed by atoms with E-state index in [4.69, 9.17) is 0 Å². The Balaban J connectivity index is 2.08. The van der Waals surface area contributed by atoms with E-state index in [1.54, 1.807) is 0 Å². The zero-order valence-corrected chi connectivity index (χ0v) is 5.36. The van der Waals surface area contributed by atoms with Gasteiger partial charge in [0.05, 0.1) is 10.5 Å². The van der Waals surface area contributed by atoms with E-state index in [9.17, 15) is 4.21 Å². The van der Waals surface area contributed by atoms with Crippen molar-refractivity contribution in [2.75, 3.05) is 0 Å².